The molecule has 0 saturated heterocycles. The molecule has 0 fully saturated rings. The van der Waals surface area contributed by atoms with Gasteiger partial charge >= 0.3 is 6.03 Å². The second kappa shape index (κ2) is 7.71. The summed E-state index contributed by atoms with van der Waals surface area (Å²) in [5.74, 6) is 0.689. The van der Waals surface area contributed by atoms with Gasteiger partial charge in [0, 0.05) is 18.0 Å². The molecular formula is C15H25N3O3. The van der Waals surface area contributed by atoms with Crippen LogP contribution in [0.1, 0.15) is 39.9 Å². The molecule has 0 aliphatic carbocycles. The maximum absolute atomic E-state index is 11.7. The molecule has 21 heavy (non-hydrogen) atoms. The Morgan fingerprint density at radius 2 is 2.05 bits per heavy atom. The van der Waals surface area contributed by atoms with Crippen molar-refractivity contribution >= 4 is 11.9 Å². The molecule has 0 aliphatic heterocycles. The quantitative estimate of drug-likeness (QED) is 0.748. The van der Waals surface area contributed by atoms with Crippen molar-refractivity contribution in [3.8, 4) is 0 Å². The summed E-state index contributed by atoms with van der Waals surface area (Å²) in [5.41, 5.74) is -0.300. The topological polar surface area (TPSA) is 83.4 Å². The molecule has 1 heterocycles. The second-order valence-corrected chi connectivity index (χ2v) is 6.14. The third-order valence-corrected chi connectivity index (χ3v) is 2.71. The highest BCUT2D eigenvalue weighted by atomic mass is 16.3. The molecular weight excluding hydrogens is 270 g/mol. The Morgan fingerprint density at radius 1 is 1.33 bits per heavy atom. The zero-order valence-corrected chi connectivity index (χ0v) is 13.2. The van der Waals surface area contributed by atoms with E-state index < -0.39 is 0 Å². The Morgan fingerprint density at radius 3 is 2.62 bits per heavy atom. The van der Waals surface area contributed by atoms with Crippen molar-refractivity contribution in [2.24, 2.45) is 0 Å². The Bertz CT molecular complexity index is 449. The van der Waals surface area contributed by atoms with Crippen molar-refractivity contribution in [2.45, 2.75) is 52.1 Å². The number of carbonyl (C=O) groups is 2. The van der Waals surface area contributed by atoms with Gasteiger partial charge in [-0.1, -0.05) is 0 Å². The first-order valence-corrected chi connectivity index (χ1v) is 7.14. The number of hydrogen-bond acceptors (Lipinski definition) is 3. The molecule has 0 radical (unpaired) electrons. The highest BCUT2D eigenvalue weighted by Crippen LogP contribution is 2.05. The van der Waals surface area contributed by atoms with Crippen LogP contribution >= 0.6 is 0 Å². The van der Waals surface area contributed by atoms with Crippen molar-refractivity contribution in [2.75, 3.05) is 6.54 Å². The highest BCUT2D eigenvalue weighted by Gasteiger charge is 2.14. The lowest BCUT2D eigenvalue weighted by Crippen LogP contribution is -2.48. The summed E-state index contributed by atoms with van der Waals surface area (Å²) >= 11 is 0. The maximum atomic E-state index is 11.7. The summed E-state index contributed by atoms with van der Waals surface area (Å²) in [6.45, 7) is 7.55. The standard InChI is InChI=1S/C15H25N3O3/c1-11(7-8-12-6-5-9-21-12)17-14(20)16-10-13(19)18-15(2,3)4/h5-6,9,11H,7-8,10H2,1-4H3,(H,18,19)(H2,16,17,20). The molecule has 0 aliphatic rings. The summed E-state index contributed by atoms with van der Waals surface area (Å²) in [7, 11) is 0. The molecule has 1 aromatic heterocycles. The van der Waals surface area contributed by atoms with E-state index in [4.69, 9.17) is 4.42 Å². The fourth-order valence-corrected chi connectivity index (χ4v) is 1.78. The first-order valence-electron chi connectivity index (χ1n) is 7.14. The van der Waals surface area contributed by atoms with Crippen molar-refractivity contribution in [3.05, 3.63) is 24.2 Å². The van der Waals surface area contributed by atoms with E-state index in [0.29, 0.717) is 0 Å². The van der Waals surface area contributed by atoms with E-state index in [1.807, 2.05) is 39.8 Å². The smallest absolute Gasteiger partial charge is 0.315 e. The van der Waals surface area contributed by atoms with E-state index in [9.17, 15) is 9.59 Å². The van der Waals surface area contributed by atoms with E-state index in [-0.39, 0.29) is 30.1 Å². The second-order valence-electron chi connectivity index (χ2n) is 6.14. The van der Waals surface area contributed by atoms with E-state index in [1.165, 1.54) is 0 Å². The first-order chi connectivity index (χ1) is 9.76. The largest absolute Gasteiger partial charge is 0.469 e. The molecule has 3 N–H and O–H groups in total. The third kappa shape index (κ3) is 8.02. The molecule has 6 nitrogen and oxygen atoms in total. The van der Waals surface area contributed by atoms with Crippen LogP contribution in [0, 0.1) is 0 Å². The predicted molar refractivity (Wildman–Crippen MR) is 80.9 cm³/mol. The third-order valence-electron chi connectivity index (χ3n) is 2.71. The average molecular weight is 295 g/mol. The van der Waals surface area contributed by atoms with Crippen LogP contribution in [0.15, 0.2) is 22.8 Å². The zero-order valence-electron chi connectivity index (χ0n) is 13.2. The number of rotatable bonds is 6. The van der Waals surface area contributed by atoms with Crippen LogP contribution in [-0.2, 0) is 11.2 Å². The summed E-state index contributed by atoms with van der Waals surface area (Å²) in [6, 6.07) is 3.41. The summed E-state index contributed by atoms with van der Waals surface area (Å²) < 4.78 is 5.23. The normalized spacial score (nSPS) is 12.6. The molecule has 0 saturated carbocycles. The number of hydrogen-bond donors (Lipinski definition) is 3. The Labute approximate surface area is 125 Å². The highest BCUT2D eigenvalue weighted by molar-refractivity contribution is 5.84. The fraction of sp³-hybridized carbons (Fsp3) is 0.600. The lowest BCUT2D eigenvalue weighted by atomic mass is 10.1. The molecule has 118 valence electrons. The zero-order chi connectivity index (χ0) is 15.9. The molecule has 0 bridgehead atoms. The van der Waals surface area contributed by atoms with Crippen LogP contribution in [0.25, 0.3) is 0 Å². The molecule has 6 heteroatoms. The van der Waals surface area contributed by atoms with E-state index in [0.717, 1.165) is 18.6 Å². The molecule has 1 atom stereocenters. The van der Waals surface area contributed by atoms with Crippen molar-refractivity contribution in [3.63, 3.8) is 0 Å². The predicted octanol–water partition coefficient (Wildman–Crippen LogP) is 1.81. The molecule has 1 rings (SSSR count). The molecule has 3 amide bonds. The lowest BCUT2D eigenvalue weighted by Gasteiger charge is -2.21. The summed E-state index contributed by atoms with van der Waals surface area (Å²) in [6.07, 6.45) is 3.17. The van der Waals surface area contributed by atoms with Crippen LogP contribution < -0.4 is 16.0 Å². The van der Waals surface area contributed by atoms with Gasteiger partial charge in [-0.2, -0.15) is 0 Å². The van der Waals surface area contributed by atoms with Gasteiger partial charge in [-0.3, -0.25) is 4.79 Å². The monoisotopic (exact) mass is 295 g/mol. The van der Waals surface area contributed by atoms with Gasteiger partial charge in [0.15, 0.2) is 0 Å². The van der Waals surface area contributed by atoms with Crippen molar-refractivity contribution in [1.82, 2.24) is 16.0 Å². The van der Waals surface area contributed by atoms with Crippen LogP contribution in [-0.4, -0.2) is 30.1 Å². The number of nitrogens with one attached hydrogen (secondary N) is 3. The average Bonchev–Trinajstić information content (AvgIpc) is 2.85. The SMILES string of the molecule is CC(CCc1ccco1)NC(=O)NCC(=O)NC(C)(C)C. The lowest BCUT2D eigenvalue weighted by molar-refractivity contribution is -0.121. The van der Waals surface area contributed by atoms with Gasteiger partial charge in [0.25, 0.3) is 0 Å². The van der Waals surface area contributed by atoms with Gasteiger partial charge in [0.2, 0.25) is 5.91 Å². The Kier molecular flexibility index (Phi) is 6.27. The Hall–Kier alpha value is -1.98. The minimum Gasteiger partial charge on any atom is -0.469 e. The fourth-order valence-electron chi connectivity index (χ4n) is 1.78. The van der Waals surface area contributed by atoms with Gasteiger partial charge in [0.1, 0.15) is 5.76 Å². The number of urea groups is 1. The number of amides is 3. The molecule has 1 aromatic rings. The van der Waals surface area contributed by atoms with E-state index in [2.05, 4.69) is 16.0 Å². The first kappa shape index (κ1) is 17.1. The van der Waals surface area contributed by atoms with Gasteiger partial charge in [-0.05, 0) is 46.2 Å². The number of carbonyl (C=O) groups excluding carboxylic acids is 2. The van der Waals surface area contributed by atoms with Gasteiger partial charge in [-0.15, -0.1) is 0 Å². The van der Waals surface area contributed by atoms with Crippen LogP contribution in [0.4, 0.5) is 4.79 Å². The summed E-state index contributed by atoms with van der Waals surface area (Å²) in [4.78, 5) is 23.2. The van der Waals surface area contributed by atoms with Gasteiger partial charge in [0.05, 0.1) is 12.8 Å². The maximum Gasteiger partial charge on any atom is 0.315 e. The number of aryl methyl sites for hydroxylation is 1. The van der Waals surface area contributed by atoms with Crippen LogP contribution in [0.5, 0.6) is 0 Å². The van der Waals surface area contributed by atoms with E-state index >= 15 is 0 Å². The summed E-state index contributed by atoms with van der Waals surface area (Å²) in [5, 5.41) is 8.11. The minimum absolute atomic E-state index is 0.000720. The van der Waals surface area contributed by atoms with Crippen LogP contribution in [0.2, 0.25) is 0 Å². The molecule has 0 spiro atoms. The molecule has 1 unspecified atom stereocenters. The van der Waals surface area contributed by atoms with Gasteiger partial charge in [-0.25, -0.2) is 4.79 Å². The number of furan rings is 1. The van der Waals surface area contributed by atoms with Crippen LogP contribution in [0.3, 0.4) is 0 Å². The van der Waals surface area contributed by atoms with Gasteiger partial charge < -0.3 is 20.4 Å². The Balaban J connectivity index is 2.19. The minimum atomic E-state index is -0.342. The molecule has 0 aromatic carbocycles. The van der Waals surface area contributed by atoms with Crippen molar-refractivity contribution < 1.29 is 14.0 Å². The van der Waals surface area contributed by atoms with E-state index in [1.54, 1.807) is 6.26 Å². The van der Waals surface area contributed by atoms with Crippen molar-refractivity contribution in [1.29, 1.82) is 0 Å².